The van der Waals surface area contributed by atoms with Crippen LogP contribution in [0, 0.1) is 0 Å². The van der Waals surface area contributed by atoms with Gasteiger partial charge in [-0.15, -0.1) is 0 Å². The number of imidazole rings is 1. The van der Waals surface area contributed by atoms with Crippen LogP contribution in [0.1, 0.15) is 30.1 Å². The topological polar surface area (TPSA) is 90.4 Å². The molecule has 1 atom stereocenters. The lowest BCUT2D eigenvalue weighted by atomic mass is 9.96. The Kier molecular flexibility index (Phi) is 5.55. The highest BCUT2D eigenvalue weighted by atomic mass is 16.5. The molecule has 7 nitrogen and oxygen atoms in total. The van der Waals surface area contributed by atoms with Crippen LogP contribution in [0.15, 0.2) is 36.7 Å². The molecular formula is C19H24N4O3. The molecule has 0 saturated carbocycles. The highest BCUT2D eigenvalue weighted by molar-refractivity contribution is 5.79. The van der Waals surface area contributed by atoms with Gasteiger partial charge < -0.3 is 19.9 Å². The number of hydrogen-bond acceptors (Lipinski definition) is 4. The van der Waals surface area contributed by atoms with Crippen molar-refractivity contribution >= 4 is 11.8 Å². The van der Waals surface area contributed by atoms with Crippen molar-refractivity contribution in [2.24, 2.45) is 5.73 Å². The highest BCUT2D eigenvalue weighted by Crippen LogP contribution is 2.27. The molecule has 1 saturated heterocycles. The molecule has 2 N–H and O–H groups in total. The van der Waals surface area contributed by atoms with Gasteiger partial charge in [0.15, 0.2) is 0 Å². The van der Waals surface area contributed by atoms with E-state index >= 15 is 0 Å². The van der Waals surface area contributed by atoms with E-state index in [4.69, 9.17) is 10.5 Å². The molecule has 0 unspecified atom stereocenters. The zero-order valence-electron chi connectivity index (χ0n) is 14.9. The van der Waals surface area contributed by atoms with Gasteiger partial charge in [0.25, 0.3) is 0 Å². The number of aromatic nitrogens is 2. The highest BCUT2D eigenvalue weighted by Gasteiger charge is 2.28. The Hall–Kier alpha value is -2.83. The second kappa shape index (κ2) is 8.03. The Balaban J connectivity index is 1.69. The summed E-state index contributed by atoms with van der Waals surface area (Å²) in [4.78, 5) is 30.3. The smallest absolute Gasteiger partial charge is 0.237 e. The second-order valence-electron chi connectivity index (χ2n) is 6.55. The predicted octanol–water partition coefficient (Wildman–Crippen LogP) is 1.33. The van der Waals surface area contributed by atoms with Crippen LogP contribution in [0.3, 0.4) is 0 Å². The number of piperidine rings is 1. The largest absolute Gasteiger partial charge is 0.496 e. The summed E-state index contributed by atoms with van der Waals surface area (Å²) in [6.45, 7) is 1.45. The average Bonchev–Trinajstić information content (AvgIpc) is 3.09. The van der Waals surface area contributed by atoms with Crippen molar-refractivity contribution in [2.45, 2.75) is 31.7 Å². The van der Waals surface area contributed by atoms with Gasteiger partial charge in [0.1, 0.15) is 18.1 Å². The normalized spacial score (nSPS) is 17.1. The zero-order valence-corrected chi connectivity index (χ0v) is 14.9. The molecule has 1 fully saturated rings. The van der Waals surface area contributed by atoms with E-state index < -0.39 is 5.91 Å². The number of hydrogen-bond donors (Lipinski definition) is 1. The molecule has 2 heterocycles. The second-order valence-corrected chi connectivity index (χ2v) is 6.55. The van der Waals surface area contributed by atoms with Gasteiger partial charge in [-0.1, -0.05) is 18.2 Å². The molecule has 3 rings (SSSR count). The van der Waals surface area contributed by atoms with E-state index in [-0.39, 0.29) is 18.4 Å². The number of likely N-dealkylation sites (tertiary alicyclic amines) is 1. The van der Waals surface area contributed by atoms with Crippen LogP contribution in [-0.4, -0.2) is 46.5 Å². The van der Waals surface area contributed by atoms with E-state index in [0.717, 1.165) is 36.5 Å². The third kappa shape index (κ3) is 4.04. The number of amides is 2. The van der Waals surface area contributed by atoms with Crippen LogP contribution in [0.25, 0.3) is 0 Å². The van der Waals surface area contributed by atoms with E-state index in [0.29, 0.717) is 13.0 Å². The molecule has 0 radical (unpaired) electrons. The van der Waals surface area contributed by atoms with Gasteiger partial charge in [-0.2, -0.15) is 0 Å². The molecule has 138 valence electrons. The van der Waals surface area contributed by atoms with Crippen molar-refractivity contribution < 1.29 is 14.3 Å². The molecule has 2 aromatic rings. The summed E-state index contributed by atoms with van der Waals surface area (Å²) in [6.07, 6.45) is 5.59. The fourth-order valence-electron chi connectivity index (χ4n) is 3.52. The lowest BCUT2D eigenvalue weighted by molar-refractivity contribution is -0.131. The van der Waals surface area contributed by atoms with Gasteiger partial charge in [-0.25, -0.2) is 4.98 Å². The first-order chi connectivity index (χ1) is 12.6. The van der Waals surface area contributed by atoms with Gasteiger partial charge in [-0.3, -0.25) is 9.59 Å². The number of nitrogens with two attached hydrogens (primary N) is 1. The standard InChI is InChI=1S/C19H24N4O3/c1-26-16-7-3-2-5-14(16)11-18(25)22-9-4-6-15(12-22)19-21-8-10-23(19)13-17(20)24/h2-3,5,7-8,10,15H,4,6,9,11-13H2,1H3,(H2,20,24)/t15-/m1/s1. The van der Waals surface area contributed by atoms with Crippen LogP contribution in [0.2, 0.25) is 0 Å². The predicted molar refractivity (Wildman–Crippen MR) is 96.7 cm³/mol. The van der Waals surface area contributed by atoms with Crippen molar-refractivity contribution in [3.63, 3.8) is 0 Å². The molecule has 0 bridgehead atoms. The lowest BCUT2D eigenvalue weighted by Gasteiger charge is -2.33. The maximum atomic E-state index is 12.8. The summed E-state index contributed by atoms with van der Waals surface area (Å²) < 4.78 is 7.12. The van der Waals surface area contributed by atoms with Crippen molar-refractivity contribution in [1.29, 1.82) is 0 Å². The summed E-state index contributed by atoms with van der Waals surface area (Å²) in [5.41, 5.74) is 6.19. The van der Waals surface area contributed by atoms with Crippen LogP contribution in [-0.2, 0) is 22.6 Å². The molecular weight excluding hydrogens is 332 g/mol. The van der Waals surface area contributed by atoms with Crippen LogP contribution < -0.4 is 10.5 Å². The summed E-state index contributed by atoms with van der Waals surface area (Å²) >= 11 is 0. The number of carbonyl (C=O) groups excluding carboxylic acids is 2. The summed E-state index contributed by atoms with van der Waals surface area (Å²) in [7, 11) is 1.61. The van der Waals surface area contributed by atoms with Crippen LogP contribution >= 0.6 is 0 Å². The summed E-state index contributed by atoms with van der Waals surface area (Å²) in [5.74, 6) is 1.33. The lowest BCUT2D eigenvalue weighted by Crippen LogP contribution is -2.40. The molecule has 0 spiro atoms. The maximum absolute atomic E-state index is 12.8. The molecule has 2 amide bonds. The van der Waals surface area contributed by atoms with Crippen LogP contribution in [0.5, 0.6) is 5.75 Å². The number of primary amides is 1. The summed E-state index contributed by atoms with van der Waals surface area (Å²) in [5, 5.41) is 0. The first kappa shape index (κ1) is 18.0. The van der Waals surface area contributed by atoms with Gasteiger partial charge in [0.05, 0.1) is 13.5 Å². The van der Waals surface area contributed by atoms with E-state index in [1.165, 1.54) is 0 Å². The number of para-hydroxylation sites is 1. The van der Waals surface area contributed by atoms with Gasteiger partial charge in [0.2, 0.25) is 11.8 Å². The van der Waals surface area contributed by atoms with Gasteiger partial charge in [-0.05, 0) is 18.9 Å². The van der Waals surface area contributed by atoms with Crippen molar-refractivity contribution in [1.82, 2.24) is 14.5 Å². The van der Waals surface area contributed by atoms with E-state index in [1.807, 2.05) is 29.2 Å². The third-order valence-corrected chi connectivity index (χ3v) is 4.75. The SMILES string of the molecule is COc1ccccc1CC(=O)N1CCC[C@@H](c2nccn2CC(N)=O)C1. The zero-order chi connectivity index (χ0) is 18.5. The number of carbonyl (C=O) groups is 2. The van der Waals surface area contributed by atoms with Gasteiger partial charge in [0, 0.05) is 37.0 Å². The van der Waals surface area contributed by atoms with Gasteiger partial charge >= 0.3 is 0 Å². The molecule has 1 aromatic carbocycles. The van der Waals surface area contributed by atoms with E-state index in [2.05, 4.69) is 4.98 Å². The molecule has 0 aliphatic carbocycles. The number of benzene rings is 1. The Morgan fingerprint density at radius 3 is 2.92 bits per heavy atom. The fraction of sp³-hybridized carbons (Fsp3) is 0.421. The third-order valence-electron chi connectivity index (χ3n) is 4.75. The number of ether oxygens (including phenoxy) is 1. The molecule has 1 aliphatic heterocycles. The summed E-state index contributed by atoms with van der Waals surface area (Å²) in [6, 6.07) is 7.58. The minimum Gasteiger partial charge on any atom is -0.496 e. The number of methoxy groups -OCH3 is 1. The van der Waals surface area contributed by atoms with Crippen molar-refractivity contribution in [3.05, 3.63) is 48.0 Å². The Morgan fingerprint density at radius 1 is 1.35 bits per heavy atom. The van der Waals surface area contributed by atoms with Crippen molar-refractivity contribution in [3.8, 4) is 5.75 Å². The molecule has 1 aliphatic rings. The quantitative estimate of drug-likeness (QED) is 0.845. The molecule has 26 heavy (non-hydrogen) atoms. The monoisotopic (exact) mass is 356 g/mol. The van der Waals surface area contributed by atoms with E-state index in [9.17, 15) is 9.59 Å². The minimum atomic E-state index is -0.399. The van der Waals surface area contributed by atoms with Crippen LogP contribution in [0.4, 0.5) is 0 Å². The fourth-order valence-corrected chi connectivity index (χ4v) is 3.52. The minimum absolute atomic E-state index is 0.0761. The Morgan fingerprint density at radius 2 is 2.15 bits per heavy atom. The number of rotatable bonds is 6. The first-order valence-electron chi connectivity index (χ1n) is 8.77. The maximum Gasteiger partial charge on any atom is 0.237 e. The molecule has 1 aromatic heterocycles. The molecule has 7 heteroatoms. The Bertz CT molecular complexity index is 787. The van der Waals surface area contributed by atoms with Crippen molar-refractivity contribution in [2.75, 3.05) is 20.2 Å². The Labute approximate surface area is 152 Å². The van der Waals surface area contributed by atoms with E-state index in [1.54, 1.807) is 24.1 Å². The number of nitrogens with zero attached hydrogens (tertiary/aromatic N) is 3. The first-order valence-corrected chi connectivity index (χ1v) is 8.77. The average molecular weight is 356 g/mol.